The monoisotopic (exact) mass is 370 g/mol. The molecule has 2 amide bonds. The fourth-order valence-electron chi connectivity index (χ4n) is 3.00. The van der Waals surface area contributed by atoms with Crippen molar-refractivity contribution in [2.24, 2.45) is 0 Å². The van der Waals surface area contributed by atoms with Gasteiger partial charge in [-0.25, -0.2) is 9.29 Å². The van der Waals surface area contributed by atoms with Crippen molar-refractivity contribution in [1.29, 1.82) is 0 Å². The average molecular weight is 370 g/mol. The minimum absolute atomic E-state index is 0.106. The van der Waals surface area contributed by atoms with Crippen LogP contribution in [0, 0.1) is 5.82 Å². The highest BCUT2D eigenvalue weighted by Crippen LogP contribution is 2.35. The minimum atomic E-state index is -0.667. The first-order valence-corrected chi connectivity index (χ1v) is 8.33. The van der Waals surface area contributed by atoms with E-state index in [-0.39, 0.29) is 30.1 Å². The van der Waals surface area contributed by atoms with Crippen LogP contribution >= 0.6 is 0 Å². The highest BCUT2D eigenvalue weighted by molar-refractivity contribution is 6.45. The fraction of sp³-hybridized carbons (Fsp3) is 0.200. The van der Waals surface area contributed by atoms with Crippen LogP contribution in [0.1, 0.15) is 5.56 Å². The lowest BCUT2D eigenvalue weighted by atomic mass is 10.0. The number of halogens is 1. The molecule has 0 fully saturated rings. The van der Waals surface area contributed by atoms with Gasteiger partial charge in [0.2, 0.25) is 0 Å². The van der Waals surface area contributed by atoms with Gasteiger partial charge in [-0.15, -0.1) is 0 Å². The Bertz CT molecular complexity index is 908. The number of imide groups is 1. The van der Waals surface area contributed by atoms with Crippen molar-refractivity contribution >= 4 is 23.1 Å². The summed E-state index contributed by atoms with van der Waals surface area (Å²) in [4.78, 5) is 28.5. The number of nitrogens with zero attached hydrogens (tertiary/aromatic N) is 2. The van der Waals surface area contributed by atoms with Crippen LogP contribution in [0.4, 0.5) is 10.1 Å². The van der Waals surface area contributed by atoms with E-state index in [2.05, 4.69) is 0 Å². The summed E-state index contributed by atoms with van der Waals surface area (Å²) < 4.78 is 19.4. The number of aliphatic hydroxyl groups is 1. The second-order valence-electron chi connectivity index (χ2n) is 5.99. The van der Waals surface area contributed by atoms with Gasteiger partial charge in [0.15, 0.2) is 0 Å². The predicted molar refractivity (Wildman–Crippen MR) is 98.5 cm³/mol. The molecule has 1 aliphatic heterocycles. The molecule has 0 saturated heterocycles. The number of aliphatic hydroxyl groups excluding tert-OH is 1. The molecule has 0 aromatic heterocycles. The SMILES string of the molecule is COc1ccc(C2=C(N(C)CCO)C(=O)N(c3ccccc3F)C2=O)cc1. The molecule has 2 aromatic rings. The van der Waals surface area contributed by atoms with Crippen LogP contribution < -0.4 is 9.64 Å². The first-order valence-electron chi connectivity index (χ1n) is 8.33. The lowest BCUT2D eigenvalue weighted by Crippen LogP contribution is -2.35. The van der Waals surface area contributed by atoms with Gasteiger partial charge in [-0.05, 0) is 29.8 Å². The number of benzene rings is 2. The van der Waals surface area contributed by atoms with Crippen LogP contribution in [0.5, 0.6) is 5.75 Å². The third kappa shape index (κ3) is 3.29. The molecule has 1 N–H and O–H groups in total. The van der Waals surface area contributed by atoms with Gasteiger partial charge in [-0.3, -0.25) is 9.59 Å². The van der Waals surface area contributed by atoms with Gasteiger partial charge < -0.3 is 14.7 Å². The molecule has 1 heterocycles. The molecule has 27 heavy (non-hydrogen) atoms. The highest BCUT2D eigenvalue weighted by atomic mass is 19.1. The lowest BCUT2D eigenvalue weighted by molar-refractivity contribution is -0.120. The largest absolute Gasteiger partial charge is 0.497 e. The van der Waals surface area contributed by atoms with Crippen molar-refractivity contribution < 1.29 is 23.8 Å². The molecule has 0 radical (unpaired) electrons. The van der Waals surface area contributed by atoms with Crippen LogP contribution in [0.3, 0.4) is 0 Å². The first-order chi connectivity index (χ1) is 13.0. The number of para-hydroxylation sites is 1. The molecule has 0 saturated carbocycles. The summed E-state index contributed by atoms with van der Waals surface area (Å²) in [6.07, 6.45) is 0. The number of hydrogen-bond acceptors (Lipinski definition) is 5. The van der Waals surface area contributed by atoms with Gasteiger partial charge in [0, 0.05) is 13.6 Å². The van der Waals surface area contributed by atoms with E-state index in [0.717, 1.165) is 4.90 Å². The van der Waals surface area contributed by atoms with Crippen LogP contribution in [-0.2, 0) is 9.59 Å². The number of anilines is 1. The van der Waals surface area contributed by atoms with E-state index in [4.69, 9.17) is 4.74 Å². The Balaban J connectivity index is 2.13. The topological polar surface area (TPSA) is 70.1 Å². The van der Waals surface area contributed by atoms with E-state index in [9.17, 15) is 19.1 Å². The molecule has 0 atom stereocenters. The van der Waals surface area contributed by atoms with E-state index in [1.54, 1.807) is 37.4 Å². The molecular weight excluding hydrogens is 351 g/mol. The van der Waals surface area contributed by atoms with Crippen molar-refractivity contribution in [1.82, 2.24) is 4.90 Å². The standard InChI is InChI=1S/C20H19FN2O4/c1-22(11-12-24)18-17(13-7-9-14(27-2)10-8-13)19(25)23(20(18)26)16-6-4-3-5-15(16)21/h3-10,24H,11-12H2,1-2H3. The second-order valence-corrected chi connectivity index (χ2v) is 5.99. The third-order valence-corrected chi connectivity index (χ3v) is 4.35. The van der Waals surface area contributed by atoms with Crippen molar-refractivity contribution in [3.63, 3.8) is 0 Å². The Morgan fingerprint density at radius 2 is 1.74 bits per heavy atom. The molecule has 0 bridgehead atoms. The van der Waals surface area contributed by atoms with Crippen molar-refractivity contribution in [3.8, 4) is 5.75 Å². The predicted octanol–water partition coefficient (Wildman–Crippen LogP) is 2.04. The highest BCUT2D eigenvalue weighted by Gasteiger charge is 2.42. The summed E-state index contributed by atoms with van der Waals surface area (Å²) in [6.45, 7) is -0.0455. The van der Waals surface area contributed by atoms with Crippen LogP contribution in [0.25, 0.3) is 5.57 Å². The number of carbonyl (C=O) groups excluding carboxylic acids is 2. The fourth-order valence-corrected chi connectivity index (χ4v) is 3.00. The molecule has 2 aromatic carbocycles. The summed E-state index contributed by atoms with van der Waals surface area (Å²) >= 11 is 0. The van der Waals surface area contributed by atoms with Gasteiger partial charge in [0.25, 0.3) is 11.8 Å². The smallest absolute Gasteiger partial charge is 0.282 e. The zero-order valence-electron chi connectivity index (χ0n) is 15.0. The number of rotatable bonds is 6. The number of amides is 2. The summed E-state index contributed by atoms with van der Waals surface area (Å²) in [7, 11) is 3.13. The summed E-state index contributed by atoms with van der Waals surface area (Å²) in [5, 5.41) is 9.25. The van der Waals surface area contributed by atoms with Gasteiger partial charge in [0.1, 0.15) is 17.3 Å². The maximum absolute atomic E-state index is 14.3. The summed E-state index contributed by atoms with van der Waals surface area (Å²) in [5.74, 6) is -1.31. The van der Waals surface area contributed by atoms with Crippen molar-refractivity contribution in [2.75, 3.05) is 32.2 Å². The number of methoxy groups -OCH3 is 1. The Kier molecular flexibility index (Phi) is 5.23. The van der Waals surface area contributed by atoms with Crippen LogP contribution in [0.2, 0.25) is 0 Å². The summed E-state index contributed by atoms with van der Waals surface area (Å²) in [5.41, 5.74) is 0.669. The maximum Gasteiger partial charge on any atom is 0.282 e. The van der Waals surface area contributed by atoms with E-state index in [0.29, 0.717) is 11.3 Å². The number of hydrogen-bond donors (Lipinski definition) is 1. The second kappa shape index (κ2) is 7.59. The Morgan fingerprint density at radius 1 is 1.07 bits per heavy atom. The first kappa shape index (κ1) is 18.6. The molecule has 1 aliphatic rings. The van der Waals surface area contributed by atoms with E-state index >= 15 is 0 Å². The Morgan fingerprint density at radius 3 is 2.33 bits per heavy atom. The van der Waals surface area contributed by atoms with Gasteiger partial charge in [-0.2, -0.15) is 0 Å². The molecule has 3 rings (SSSR count). The molecule has 0 aliphatic carbocycles. The zero-order valence-corrected chi connectivity index (χ0v) is 15.0. The van der Waals surface area contributed by atoms with Crippen molar-refractivity contribution in [2.45, 2.75) is 0 Å². The molecule has 6 nitrogen and oxygen atoms in total. The molecular formula is C20H19FN2O4. The van der Waals surface area contributed by atoms with E-state index < -0.39 is 17.6 Å². The Labute approximate surface area is 156 Å². The normalized spacial score (nSPS) is 14.1. The zero-order chi connectivity index (χ0) is 19.6. The maximum atomic E-state index is 14.3. The van der Waals surface area contributed by atoms with Gasteiger partial charge in [-0.1, -0.05) is 24.3 Å². The molecule has 0 spiro atoms. The third-order valence-electron chi connectivity index (χ3n) is 4.35. The number of ether oxygens (including phenoxy) is 1. The number of carbonyl (C=O) groups is 2. The molecule has 7 heteroatoms. The summed E-state index contributed by atoms with van der Waals surface area (Å²) in [6, 6.07) is 12.3. The van der Waals surface area contributed by atoms with Crippen LogP contribution in [0.15, 0.2) is 54.2 Å². The number of likely N-dealkylation sites (N-methyl/N-ethyl adjacent to an activating group) is 1. The minimum Gasteiger partial charge on any atom is -0.497 e. The lowest BCUT2D eigenvalue weighted by Gasteiger charge is -2.20. The van der Waals surface area contributed by atoms with Crippen LogP contribution in [-0.4, -0.2) is 49.1 Å². The quantitative estimate of drug-likeness (QED) is 0.788. The van der Waals surface area contributed by atoms with Gasteiger partial charge >= 0.3 is 0 Å². The average Bonchev–Trinajstić information content (AvgIpc) is 2.93. The van der Waals surface area contributed by atoms with E-state index in [1.165, 1.54) is 30.2 Å². The molecule has 0 unspecified atom stereocenters. The van der Waals surface area contributed by atoms with E-state index in [1.807, 2.05) is 0 Å². The Hall–Kier alpha value is -3.19. The molecule has 140 valence electrons. The van der Waals surface area contributed by atoms with Gasteiger partial charge in [0.05, 0.1) is 25.0 Å². The van der Waals surface area contributed by atoms with Crippen molar-refractivity contribution in [3.05, 3.63) is 65.6 Å².